The van der Waals surface area contributed by atoms with Crippen molar-refractivity contribution in [2.24, 2.45) is 0 Å². The molecule has 1 amide bonds. The highest BCUT2D eigenvalue weighted by atomic mass is 32.2. The molecule has 0 aromatic heterocycles. The summed E-state index contributed by atoms with van der Waals surface area (Å²) in [6, 6.07) is 21.9. The molecule has 0 bridgehead atoms. The summed E-state index contributed by atoms with van der Waals surface area (Å²) >= 11 is 1.60. The summed E-state index contributed by atoms with van der Waals surface area (Å²) in [5, 5.41) is 21.2. The summed E-state index contributed by atoms with van der Waals surface area (Å²) in [7, 11) is 0. The summed E-state index contributed by atoms with van der Waals surface area (Å²) in [5.41, 5.74) is 3.64. The van der Waals surface area contributed by atoms with Crippen LogP contribution in [0.1, 0.15) is 52.8 Å². The topological polar surface area (TPSA) is 105 Å². The van der Waals surface area contributed by atoms with Crippen LogP contribution >= 0.6 is 11.8 Å². The van der Waals surface area contributed by atoms with Gasteiger partial charge in [-0.3, -0.25) is 4.79 Å². The van der Waals surface area contributed by atoms with E-state index < -0.39 is 12.3 Å². The Labute approximate surface area is 208 Å². The molecule has 0 aliphatic carbocycles. The molecule has 1 aliphatic heterocycles. The molecule has 1 saturated heterocycles. The molecule has 4 rings (SSSR count). The Hall–Kier alpha value is -3.17. The van der Waals surface area contributed by atoms with Crippen molar-refractivity contribution in [3.05, 3.63) is 95.1 Å². The van der Waals surface area contributed by atoms with E-state index in [9.17, 15) is 14.7 Å². The average molecular weight is 494 g/mol. The van der Waals surface area contributed by atoms with E-state index >= 15 is 0 Å². The van der Waals surface area contributed by atoms with Gasteiger partial charge in [-0.05, 0) is 47.5 Å². The molecule has 1 fully saturated rings. The van der Waals surface area contributed by atoms with Crippen LogP contribution in [0.15, 0.2) is 77.7 Å². The molecule has 0 spiro atoms. The van der Waals surface area contributed by atoms with E-state index in [-0.39, 0.29) is 30.3 Å². The fourth-order valence-electron chi connectivity index (χ4n) is 3.83. The number of hydrogen-bond acceptors (Lipinski definition) is 6. The number of carboxylic acids is 1. The lowest BCUT2D eigenvalue weighted by Crippen LogP contribution is -2.31. The van der Waals surface area contributed by atoms with Gasteiger partial charge in [-0.15, -0.1) is 11.8 Å². The Kier molecular flexibility index (Phi) is 8.20. The third-order valence-corrected chi connectivity index (χ3v) is 6.80. The molecule has 3 aromatic rings. The SMILES string of the molecule is CC(=O)Nc1ccc(C2OC(CSc3ccc(C(=O)O)cc3)CC(c3ccc(CO)cc3)O2)cc1. The quantitative estimate of drug-likeness (QED) is 0.372. The van der Waals surface area contributed by atoms with Crippen LogP contribution in [0.2, 0.25) is 0 Å². The molecule has 7 nitrogen and oxygen atoms in total. The van der Waals surface area contributed by atoms with Crippen molar-refractivity contribution >= 4 is 29.3 Å². The number of nitrogens with one attached hydrogen (secondary N) is 1. The van der Waals surface area contributed by atoms with Gasteiger partial charge < -0.3 is 25.0 Å². The molecule has 0 saturated carbocycles. The zero-order valence-corrected chi connectivity index (χ0v) is 20.0. The van der Waals surface area contributed by atoms with Gasteiger partial charge in [0.25, 0.3) is 0 Å². The normalized spacial score (nSPS) is 19.8. The van der Waals surface area contributed by atoms with Gasteiger partial charge >= 0.3 is 5.97 Å². The van der Waals surface area contributed by atoms with Crippen molar-refractivity contribution in [3.63, 3.8) is 0 Å². The van der Waals surface area contributed by atoms with E-state index in [2.05, 4.69) is 5.32 Å². The van der Waals surface area contributed by atoms with E-state index in [4.69, 9.17) is 14.6 Å². The second kappa shape index (κ2) is 11.5. The lowest BCUT2D eigenvalue weighted by molar-refractivity contribution is -0.245. The van der Waals surface area contributed by atoms with Crippen LogP contribution in [0.5, 0.6) is 0 Å². The van der Waals surface area contributed by atoms with Crippen molar-refractivity contribution in [1.82, 2.24) is 0 Å². The number of hydrogen-bond donors (Lipinski definition) is 3. The number of thioether (sulfide) groups is 1. The monoisotopic (exact) mass is 493 g/mol. The van der Waals surface area contributed by atoms with Crippen molar-refractivity contribution in [2.45, 2.75) is 43.3 Å². The van der Waals surface area contributed by atoms with Gasteiger partial charge in [0.2, 0.25) is 5.91 Å². The van der Waals surface area contributed by atoms with Crippen LogP contribution in [0.4, 0.5) is 5.69 Å². The fourth-order valence-corrected chi connectivity index (χ4v) is 4.75. The first-order valence-electron chi connectivity index (χ1n) is 11.3. The Morgan fingerprint density at radius 3 is 2.20 bits per heavy atom. The number of benzene rings is 3. The third kappa shape index (κ3) is 6.70. The predicted octanol–water partition coefficient (Wildman–Crippen LogP) is 5.17. The maximum absolute atomic E-state index is 11.3. The number of aliphatic hydroxyl groups is 1. The Bertz CT molecular complexity index is 1150. The number of anilines is 1. The molecule has 8 heteroatoms. The molecule has 182 valence electrons. The predicted molar refractivity (Wildman–Crippen MR) is 133 cm³/mol. The van der Waals surface area contributed by atoms with Crippen molar-refractivity contribution in [2.75, 3.05) is 11.1 Å². The zero-order valence-electron chi connectivity index (χ0n) is 19.2. The summed E-state index contributed by atoms with van der Waals surface area (Å²) < 4.78 is 12.6. The summed E-state index contributed by atoms with van der Waals surface area (Å²) in [6.07, 6.45) is -0.247. The average Bonchev–Trinajstić information content (AvgIpc) is 2.87. The second-order valence-electron chi connectivity index (χ2n) is 8.29. The summed E-state index contributed by atoms with van der Waals surface area (Å²) in [5.74, 6) is -0.416. The van der Waals surface area contributed by atoms with Gasteiger partial charge in [0.1, 0.15) is 0 Å². The largest absolute Gasteiger partial charge is 0.478 e. The maximum Gasteiger partial charge on any atom is 0.335 e. The lowest BCUT2D eigenvalue weighted by atomic mass is 10.0. The number of ether oxygens (including phenoxy) is 2. The zero-order chi connectivity index (χ0) is 24.8. The number of rotatable bonds is 8. The molecular weight excluding hydrogens is 466 g/mol. The number of carbonyl (C=O) groups is 2. The van der Waals surface area contributed by atoms with Crippen molar-refractivity contribution in [3.8, 4) is 0 Å². The van der Waals surface area contributed by atoms with Crippen LogP contribution in [-0.2, 0) is 20.9 Å². The smallest absolute Gasteiger partial charge is 0.335 e. The van der Waals surface area contributed by atoms with Crippen LogP contribution in [-0.4, -0.2) is 33.9 Å². The van der Waals surface area contributed by atoms with E-state index in [1.807, 2.05) is 48.5 Å². The van der Waals surface area contributed by atoms with E-state index in [0.29, 0.717) is 17.9 Å². The van der Waals surface area contributed by atoms with Gasteiger partial charge in [-0.25, -0.2) is 4.79 Å². The Balaban J connectivity index is 1.50. The van der Waals surface area contributed by atoms with Gasteiger partial charge in [0.15, 0.2) is 6.29 Å². The first-order chi connectivity index (χ1) is 16.9. The minimum absolute atomic E-state index is 0.0158. The summed E-state index contributed by atoms with van der Waals surface area (Å²) in [4.78, 5) is 23.4. The Morgan fingerprint density at radius 2 is 1.60 bits per heavy atom. The molecule has 1 aliphatic rings. The van der Waals surface area contributed by atoms with Gasteiger partial charge in [0, 0.05) is 35.2 Å². The number of aromatic carboxylic acids is 1. The lowest BCUT2D eigenvalue weighted by Gasteiger charge is -2.36. The van der Waals surface area contributed by atoms with Crippen LogP contribution in [0, 0.1) is 0 Å². The Morgan fingerprint density at radius 1 is 0.943 bits per heavy atom. The number of aliphatic hydroxyl groups excluding tert-OH is 1. The van der Waals surface area contributed by atoms with E-state index in [0.717, 1.165) is 21.6 Å². The molecular formula is C27H27NO6S. The van der Waals surface area contributed by atoms with E-state index in [1.165, 1.54) is 6.92 Å². The number of carboxylic acid groups (broad SMARTS) is 1. The number of amides is 1. The summed E-state index contributed by atoms with van der Waals surface area (Å²) in [6.45, 7) is 1.45. The molecule has 3 atom stereocenters. The second-order valence-corrected chi connectivity index (χ2v) is 9.39. The third-order valence-electron chi connectivity index (χ3n) is 5.66. The fraction of sp³-hybridized carbons (Fsp3) is 0.259. The van der Waals surface area contributed by atoms with Crippen LogP contribution < -0.4 is 5.32 Å². The van der Waals surface area contributed by atoms with Crippen LogP contribution in [0.25, 0.3) is 0 Å². The maximum atomic E-state index is 11.3. The van der Waals surface area contributed by atoms with Crippen LogP contribution in [0.3, 0.4) is 0 Å². The van der Waals surface area contributed by atoms with Crippen molar-refractivity contribution < 1.29 is 29.3 Å². The van der Waals surface area contributed by atoms with Crippen molar-refractivity contribution in [1.29, 1.82) is 0 Å². The first kappa shape index (κ1) is 24.9. The standard InChI is InChI=1S/C27H27NO6S/c1-17(30)28-22-10-6-21(7-11-22)27-33-23(16-35-24-12-8-20(9-13-24)26(31)32)14-25(34-27)19-4-2-18(15-29)3-5-19/h2-13,23,25,27,29H,14-16H2,1H3,(H,28,30)(H,31,32). The van der Waals surface area contributed by atoms with Gasteiger partial charge in [-0.2, -0.15) is 0 Å². The molecule has 3 aromatic carbocycles. The highest BCUT2D eigenvalue weighted by Gasteiger charge is 2.32. The minimum Gasteiger partial charge on any atom is -0.478 e. The van der Waals surface area contributed by atoms with Gasteiger partial charge in [0.05, 0.1) is 24.4 Å². The van der Waals surface area contributed by atoms with E-state index in [1.54, 1.807) is 36.0 Å². The molecule has 0 radical (unpaired) electrons. The highest BCUT2D eigenvalue weighted by Crippen LogP contribution is 2.39. The first-order valence-corrected chi connectivity index (χ1v) is 12.2. The minimum atomic E-state index is -0.947. The molecule has 3 unspecified atom stereocenters. The highest BCUT2D eigenvalue weighted by molar-refractivity contribution is 7.99. The molecule has 1 heterocycles. The molecule has 3 N–H and O–H groups in total. The van der Waals surface area contributed by atoms with Gasteiger partial charge in [-0.1, -0.05) is 36.4 Å². The molecule has 35 heavy (non-hydrogen) atoms. The number of carbonyl (C=O) groups excluding carboxylic acids is 1.